The number of hydrogen-bond acceptors (Lipinski definition) is 6. The minimum absolute atomic E-state index is 0.000569. The molecule has 1 aliphatic rings. The van der Waals surface area contributed by atoms with Gasteiger partial charge in [0, 0.05) is 32.4 Å². The van der Waals surface area contributed by atoms with Gasteiger partial charge >= 0.3 is 5.97 Å². The number of esters is 1. The van der Waals surface area contributed by atoms with Crippen LogP contribution in [0.1, 0.15) is 57.5 Å². The largest absolute Gasteiger partial charge is 0.497 e. The zero-order chi connectivity index (χ0) is 22.2. The highest BCUT2D eigenvalue weighted by Gasteiger charge is 2.41. The van der Waals surface area contributed by atoms with Gasteiger partial charge in [-0.2, -0.15) is 0 Å². The molecule has 0 saturated carbocycles. The van der Waals surface area contributed by atoms with Crippen molar-refractivity contribution in [3.63, 3.8) is 0 Å². The van der Waals surface area contributed by atoms with E-state index in [1.54, 1.807) is 27.0 Å². The molecule has 0 radical (unpaired) electrons. The Morgan fingerprint density at radius 1 is 1.21 bits per heavy atom. The van der Waals surface area contributed by atoms with Gasteiger partial charge in [0.2, 0.25) is 5.79 Å². The Morgan fingerprint density at radius 3 is 2.34 bits per heavy atom. The predicted octanol–water partition coefficient (Wildman–Crippen LogP) is 4.54. The number of benzene rings is 1. The monoisotopic (exact) mass is 424 g/mol. The van der Waals surface area contributed by atoms with Gasteiger partial charge in [0.25, 0.3) is 0 Å². The summed E-state index contributed by atoms with van der Waals surface area (Å²) in [4.78, 5) is 12.8. The van der Waals surface area contributed by atoms with Crippen molar-refractivity contribution in [3.8, 4) is 11.5 Å². The highest BCUT2D eigenvalue weighted by molar-refractivity contribution is 6.74. The predicted molar refractivity (Wildman–Crippen MR) is 115 cm³/mol. The quantitative estimate of drug-likeness (QED) is 0.512. The second kappa shape index (κ2) is 8.28. The summed E-state index contributed by atoms with van der Waals surface area (Å²) in [6.45, 7) is 16.3. The number of fused-ring (bicyclic) bond motifs is 1. The highest BCUT2D eigenvalue weighted by atomic mass is 28.4. The molecule has 0 aromatic heterocycles. The molecular formula is C22H36O6Si. The van der Waals surface area contributed by atoms with Crippen LogP contribution in [0.5, 0.6) is 11.5 Å². The smallest absolute Gasteiger partial charge is 0.345 e. The third-order valence-corrected chi connectivity index (χ3v) is 10.4. The fraction of sp³-hybridized carbons (Fsp3) is 0.682. The first-order chi connectivity index (χ1) is 13.2. The molecule has 0 bridgehead atoms. The number of rotatable bonds is 7. The van der Waals surface area contributed by atoms with Gasteiger partial charge in [-0.25, -0.2) is 4.79 Å². The zero-order valence-electron chi connectivity index (χ0n) is 19.2. The van der Waals surface area contributed by atoms with E-state index in [1.807, 2.05) is 13.0 Å². The van der Waals surface area contributed by atoms with Crippen molar-refractivity contribution in [2.45, 2.75) is 78.0 Å². The van der Waals surface area contributed by atoms with Crippen LogP contribution in [0, 0.1) is 5.92 Å². The summed E-state index contributed by atoms with van der Waals surface area (Å²) in [6, 6.07) is 3.54. The van der Waals surface area contributed by atoms with Crippen LogP contribution in [0.25, 0.3) is 0 Å². The fourth-order valence-corrected chi connectivity index (χ4v) is 4.47. The maximum absolute atomic E-state index is 12.8. The molecule has 164 valence electrons. The van der Waals surface area contributed by atoms with Crippen LogP contribution in [0.15, 0.2) is 12.1 Å². The molecule has 0 aliphatic carbocycles. The van der Waals surface area contributed by atoms with Crippen molar-refractivity contribution >= 4 is 14.3 Å². The third kappa shape index (κ3) is 5.32. The number of cyclic esters (lactones) is 1. The number of aliphatic hydroxyl groups excluding tert-OH is 1. The SMILES string of the molecule is COc1cc(C[C@@H](O[Si](C)(C)C(C)(C)C)[C@@H](C)CO)c2c(c1)OC(C)(C)OC2=O. The summed E-state index contributed by atoms with van der Waals surface area (Å²) < 4.78 is 23.4. The first-order valence-electron chi connectivity index (χ1n) is 10.1. The number of aliphatic hydroxyl groups is 1. The van der Waals surface area contributed by atoms with E-state index in [4.69, 9.17) is 18.6 Å². The van der Waals surface area contributed by atoms with Crippen molar-refractivity contribution in [2.24, 2.45) is 5.92 Å². The van der Waals surface area contributed by atoms with E-state index in [-0.39, 0.29) is 23.7 Å². The van der Waals surface area contributed by atoms with Crippen molar-refractivity contribution in [2.75, 3.05) is 13.7 Å². The molecule has 0 saturated heterocycles. The van der Waals surface area contributed by atoms with Gasteiger partial charge in [0.05, 0.1) is 13.2 Å². The topological polar surface area (TPSA) is 74.2 Å². The van der Waals surface area contributed by atoms with Gasteiger partial charge in [0.15, 0.2) is 8.32 Å². The molecule has 2 atom stereocenters. The number of ether oxygens (including phenoxy) is 3. The normalized spacial score (nSPS) is 18.3. The van der Waals surface area contributed by atoms with Crippen LogP contribution in [0.4, 0.5) is 0 Å². The Kier molecular flexibility index (Phi) is 6.77. The molecule has 6 nitrogen and oxygen atoms in total. The Hall–Kier alpha value is -1.57. The lowest BCUT2D eigenvalue weighted by Gasteiger charge is -2.41. The Balaban J connectivity index is 2.47. The standard InChI is InChI=1S/C22H36O6Si/c1-14(13-23)17(28-29(8,9)21(2,3)4)11-15-10-16(25-7)12-18-19(15)20(24)27-22(5,6)26-18/h10,12,14,17,23H,11,13H2,1-9H3/t14-,17+/m0/s1. The molecule has 0 unspecified atom stereocenters. The number of carbonyl (C=O) groups excluding carboxylic acids is 1. The lowest BCUT2D eigenvalue weighted by atomic mass is 9.94. The number of hydrogen-bond donors (Lipinski definition) is 1. The first kappa shape index (κ1) is 23.7. The van der Waals surface area contributed by atoms with Crippen LogP contribution < -0.4 is 9.47 Å². The van der Waals surface area contributed by atoms with Crippen LogP contribution in [0.2, 0.25) is 18.1 Å². The van der Waals surface area contributed by atoms with Crippen LogP contribution in [-0.4, -0.2) is 45.0 Å². The fourth-order valence-electron chi connectivity index (χ4n) is 3.04. The first-order valence-corrected chi connectivity index (χ1v) is 13.0. The lowest BCUT2D eigenvalue weighted by molar-refractivity contribution is -0.127. The molecular weight excluding hydrogens is 388 g/mol. The molecule has 29 heavy (non-hydrogen) atoms. The maximum Gasteiger partial charge on any atom is 0.345 e. The van der Waals surface area contributed by atoms with Gasteiger partial charge in [-0.1, -0.05) is 27.7 Å². The van der Waals surface area contributed by atoms with E-state index in [0.29, 0.717) is 23.5 Å². The van der Waals surface area contributed by atoms with Gasteiger partial charge in [0.1, 0.15) is 17.1 Å². The van der Waals surface area contributed by atoms with E-state index in [0.717, 1.165) is 5.56 Å². The molecule has 1 heterocycles. The number of carbonyl (C=O) groups is 1. The molecule has 0 amide bonds. The molecule has 0 spiro atoms. The summed E-state index contributed by atoms with van der Waals surface area (Å²) >= 11 is 0. The third-order valence-electron chi connectivity index (χ3n) is 5.89. The molecule has 1 aromatic carbocycles. The summed E-state index contributed by atoms with van der Waals surface area (Å²) in [5.41, 5.74) is 1.14. The van der Waals surface area contributed by atoms with Crippen molar-refractivity contribution in [1.82, 2.24) is 0 Å². The highest BCUT2D eigenvalue weighted by Crippen LogP contribution is 2.41. The Labute approximate surface area is 175 Å². The van der Waals surface area contributed by atoms with E-state index in [2.05, 4.69) is 33.9 Å². The van der Waals surface area contributed by atoms with Crippen molar-refractivity contribution in [3.05, 3.63) is 23.3 Å². The van der Waals surface area contributed by atoms with Crippen LogP contribution in [0.3, 0.4) is 0 Å². The second-order valence-electron chi connectivity index (χ2n) is 9.83. The zero-order valence-corrected chi connectivity index (χ0v) is 20.2. The second-order valence-corrected chi connectivity index (χ2v) is 14.6. The van der Waals surface area contributed by atoms with E-state index in [1.165, 1.54) is 0 Å². The lowest BCUT2D eigenvalue weighted by Crippen LogP contribution is -2.47. The van der Waals surface area contributed by atoms with Gasteiger partial charge in [-0.3, -0.25) is 0 Å². The average Bonchev–Trinajstić information content (AvgIpc) is 2.57. The molecule has 0 fully saturated rings. The van der Waals surface area contributed by atoms with E-state index >= 15 is 0 Å². The van der Waals surface area contributed by atoms with E-state index in [9.17, 15) is 9.90 Å². The summed E-state index contributed by atoms with van der Waals surface area (Å²) in [7, 11) is -0.507. The maximum atomic E-state index is 12.8. The van der Waals surface area contributed by atoms with Crippen molar-refractivity contribution < 1.29 is 28.5 Å². The average molecular weight is 425 g/mol. The van der Waals surface area contributed by atoms with Crippen LogP contribution >= 0.6 is 0 Å². The van der Waals surface area contributed by atoms with Gasteiger partial charge < -0.3 is 23.7 Å². The molecule has 1 aromatic rings. The Bertz CT molecular complexity index is 750. The van der Waals surface area contributed by atoms with Crippen LogP contribution in [-0.2, 0) is 15.6 Å². The molecule has 1 aliphatic heterocycles. The van der Waals surface area contributed by atoms with Crippen molar-refractivity contribution in [1.29, 1.82) is 0 Å². The Morgan fingerprint density at radius 2 is 1.83 bits per heavy atom. The minimum Gasteiger partial charge on any atom is -0.497 e. The molecule has 7 heteroatoms. The summed E-state index contributed by atoms with van der Waals surface area (Å²) in [6.07, 6.45) is 0.201. The van der Waals surface area contributed by atoms with Gasteiger partial charge in [-0.15, -0.1) is 0 Å². The molecule has 2 rings (SSSR count). The van der Waals surface area contributed by atoms with Gasteiger partial charge in [-0.05, 0) is 36.2 Å². The summed E-state index contributed by atoms with van der Waals surface area (Å²) in [5, 5.41) is 9.87. The summed E-state index contributed by atoms with van der Waals surface area (Å²) in [5.74, 6) is -0.502. The minimum atomic E-state index is -2.09. The number of methoxy groups -OCH3 is 1. The van der Waals surface area contributed by atoms with E-state index < -0.39 is 20.1 Å². The molecule has 1 N–H and O–H groups in total.